The summed E-state index contributed by atoms with van der Waals surface area (Å²) in [4.78, 5) is 11.4. The fourth-order valence-corrected chi connectivity index (χ4v) is 1.60. The molecule has 1 rings (SSSR count). The molecule has 1 aromatic rings. The number of rotatable bonds is 5. The third kappa shape index (κ3) is 3.89. The molecular formula is C13H17ClO4. The molecule has 0 bridgehead atoms. The Hall–Kier alpha value is -1.26. The van der Waals surface area contributed by atoms with Gasteiger partial charge in [0.05, 0.1) is 17.7 Å². The fourth-order valence-electron chi connectivity index (χ4n) is 1.37. The Morgan fingerprint density at radius 2 is 2.11 bits per heavy atom. The molecule has 0 aliphatic carbocycles. The number of hydrogen-bond acceptors (Lipinski definition) is 4. The van der Waals surface area contributed by atoms with Crippen LogP contribution in [-0.2, 0) is 9.53 Å². The Bertz CT molecular complexity index is 417. The van der Waals surface area contributed by atoms with E-state index in [9.17, 15) is 9.90 Å². The Kier molecular flexibility index (Phi) is 5.44. The molecule has 0 radical (unpaired) electrons. The Labute approximate surface area is 111 Å². The summed E-state index contributed by atoms with van der Waals surface area (Å²) in [6.45, 7) is 5.28. The van der Waals surface area contributed by atoms with Gasteiger partial charge in [-0.15, -0.1) is 0 Å². The van der Waals surface area contributed by atoms with Gasteiger partial charge in [-0.2, -0.15) is 0 Å². The Morgan fingerprint density at radius 3 is 2.61 bits per heavy atom. The second-order valence-electron chi connectivity index (χ2n) is 3.88. The maximum Gasteiger partial charge on any atom is 0.347 e. The zero-order chi connectivity index (χ0) is 13.7. The molecule has 2 unspecified atom stereocenters. The first kappa shape index (κ1) is 14.8. The highest BCUT2D eigenvalue weighted by atomic mass is 35.5. The van der Waals surface area contributed by atoms with Crippen molar-refractivity contribution in [3.05, 3.63) is 28.8 Å². The molecule has 4 nitrogen and oxygen atoms in total. The van der Waals surface area contributed by atoms with Crippen LogP contribution in [0.25, 0.3) is 0 Å². The molecule has 2 atom stereocenters. The highest BCUT2D eigenvalue weighted by Gasteiger charge is 2.17. The third-order valence-electron chi connectivity index (χ3n) is 2.36. The van der Waals surface area contributed by atoms with E-state index in [-0.39, 0.29) is 0 Å². The maximum absolute atomic E-state index is 11.4. The standard InChI is InChI=1S/C13H17ClO4/c1-4-17-13(16)9(3)18-12-6-5-10(8(2)15)7-11(12)14/h5-9,15H,4H2,1-3H3. The van der Waals surface area contributed by atoms with Crippen molar-refractivity contribution < 1.29 is 19.4 Å². The van der Waals surface area contributed by atoms with Gasteiger partial charge in [0.1, 0.15) is 5.75 Å². The van der Waals surface area contributed by atoms with Crippen molar-refractivity contribution in [2.24, 2.45) is 0 Å². The van der Waals surface area contributed by atoms with E-state index in [1.54, 1.807) is 39.0 Å². The van der Waals surface area contributed by atoms with Gasteiger partial charge >= 0.3 is 5.97 Å². The van der Waals surface area contributed by atoms with Gasteiger partial charge in [-0.25, -0.2) is 4.79 Å². The number of aliphatic hydroxyl groups is 1. The van der Waals surface area contributed by atoms with Gasteiger partial charge in [0.15, 0.2) is 6.10 Å². The van der Waals surface area contributed by atoms with Crippen LogP contribution in [0.5, 0.6) is 5.75 Å². The van der Waals surface area contributed by atoms with Crippen LogP contribution in [0, 0.1) is 0 Å². The zero-order valence-corrected chi connectivity index (χ0v) is 11.4. The topological polar surface area (TPSA) is 55.8 Å². The van der Waals surface area contributed by atoms with Crippen molar-refractivity contribution in [3.8, 4) is 5.75 Å². The largest absolute Gasteiger partial charge is 0.477 e. The minimum absolute atomic E-state index is 0.307. The van der Waals surface area contributed by atoms with E-state index < -0.39 is 18.2 Å². The van der Waals surface area contributed by atoms with Gasteiger partial charge in [-0.3, -0.25) is 0 Å². The zero-order valence-electron chi connectivity index (χ0n) is 10.6. The summed E-state index contributed by atoms with van der Waals surface area (Å²) in [5.74, 6) is -0.0465. The lowest BCUT2D eigenvalue weighted by molar-refractivity contribution is -0.150. The first-order valence-electron chi connectivity index (χ1n) is 5.76. The van der Waals surface area contributed by atoms with E-state index >= 15 is 0 Å². The maximum atomic E-state index is 11.4. The second-order valence-corrected chi connectivity index (χ2v) is 4.29. The van der Waals surface area contributed by atoms with Crippen molar-refractivity contribution in [1.29, 1.82) is 0 Å². The summed E-state index contributed by atoms with van der Waals surface area (Å²) in [6.07, 6.45) is -1.32. The molecule has 1 aromatic carbocycles. The van der Waals surface area contributed by atoms with E-state index in [1.165, 1.54) is 0 Å². The van der Waals surface area contributed by atoms with Gasteiger partial charge in [0.25, 0.3) is 0 Å². The number of halogens is 1. The average molecular weight is 273 g/mol. The van der Waals surface area contributed by atoms with Crippen molar-refractivity contribution in [1.82, 2.24) is 0 Å². The molecule has 0 amide bonds. The quantitative estimate of drug-likeness (QED) is 0.838. The summed E-state index contributed by atoms with van der Waals surface area (Å²) in [5.41, 5.74) is 0.691. The normalized spacial score (nSPS) is 13.8. The van der Waals surface area contributed by atoms with Crippen LogP contribution in [-0.4, -0.2) is 23.8 Å². The minimum Gasteiger partial charge on any atom is -0.477 e. The summed E-state index contributed by atoms with van der Waals surface area (Å²) >= 11 is 6.01. The van der Waals surface area contributed by atoms with Crippen LogP contribution in [0.15, 0.2) is 18.2 Å². The molecule has 5 heteroatoms. The van der Waals surface area contributed by atoms with Gasteiger partial charge in [0, 0.05) is 0 Å². The first-order valence-corrected chi connectivity index (χ1v) is 6.14. The number of esters is 1. The molecule has 0 saturated carbocycles. The average Bonchev–Trinajstić information content (AvgIpc) is 2.31. The number of carbonyl (C=O) groups excluding carboxylic acids is 1. The molecule has 0 heterocycles. The van der Waals surface area contributed by atoms with Gasteiger partial charge in [-0.1, -0.05) is 17.7 Å². The fraction of sp³-hybridized carbons (Fsp3) is 0.462. The van der Waals surface area contributed by atoms with E-state index in [0.717, 1.165) is 0 Å². The summed E-state index contributed by atoms with van der Waals surface area (Å²) in [6, 6.07) is 4.93. The number of aliphatic hydroxyl groups excluding tert-OH is 1. The molecule has 0 saturated heterocycles. The first-order chi connectivity index (χ1) is 8.45. The molecule has 0 aromatic heterocycles. The lowest BCUT2D eigenvalue weighted by Crippen LogP contribution is -2.26. The lowest BCUT2D eigenvalue weighted by atomic mass is 10.1. The van der Waals surface area contributed by atoms with Crippen molar-refractivity contribution in [2.75, 3.05) is 6.61 Å². The molecule has 0 fully saturated rings. The molecule has 100 valence electrons. The van der Waals surface area contributed by atoms with E-state index in [4.69, 9.17) is 21.1 Å². The van der Waals surface area contributed by atoms with Gasteiger partial charge in [-0.05, 0) is 38.5 Å². The molecule has 1 N–H and O–H groups in total. The molecular weight excluding hydrogens is 256 g/mol. The SMILES string of the molecule is CCOC(=O)C(C)Oc1ccc(C(C)O)cc1Cl. The van der Waals surface area contributed by atoms with E-state index in [0.29, 0.717) is 22.9 Å². The second kappa shape index (κ2) is 6.61. The van der Waals surface area contributed by atoms with Crippen LogP contribution < -0.4 is 4.74 Å². The Balaban J connectivity index is 2.76. The predicted octanol–water partition coefficient (Wildman–Crippen LogP) is 2.72. The van der Waals surface area contributed by atoms with Crippen LogP contribution in [0.1, 0.15) is 32.4 Å². The number of hydrogen-bond donors (Lipinski definition) is 1. The summed E-state index contributed by atoms with van der Waals surface area (Å²) in [7, 11) is 0. The molecule has 0 aliphatic rings. The minimum atomic E-state index is -0.722. The monoisotopic (exact) mass is 272 g/mol. The van der Waals surface area contributed by atoms with Crippen LogP contribution in [0.4, 0.5) is 0 Å². The van der Waals surface area contributed by atoms with E-state index in [1.807, 2.05) is 0 Å². The Morgan fingerprint density at radius 1 is 1.44 bits per heavy atom. The predicted molar refractivity (Wildman–Crippen MR) is 68.8 cm³/mol. The van der Waals surface area contributed by atoms with Crippen molar-refractivity contribution >= 4 is 17.6 Å². The van der Waals surface area contributed by atoms with Crippen molar-refractivity contribution in [2.45, 2.75) is 33.0 Å². The molecule has 0 aliphatic heterocycles. The van der Waals surface area contributed by atoms with Crippen LogP contribution in [0.2, 0.25) is 5.02 Å². The summed E-state index contributed by atoms with van der Waals surface area (Å²) in [5, 5.41) is 9.76. The highest BCUT2D eigenvalue weighted by Crippen LogP contribution is 2.28. The highest BCUT2D eigenvalue weighted by molar-refractivity contribution is 6.32. The number of benzene rings is 1. The smallest absolute Gasteiger partial charge is 0.347 e. The lowest BCUT2D eigenvalue weighted by Gasteiger charge is -2.15. The number of carbonyl (C=O) groups is 1. The third-order valence-corrected chi connectivity index (χ3v) is 2.66. The van der Waals surface area contributed by atoms with E-state index in [2.05, 4.69) is 0 Å². The number of ether oxygens (including phenoxy) is 2. The van der Waals surface area contributed by atoms with Gasteiger partial charge in [0.2, 0.25) is 0 Å². The van der Waals surface area contributed by atoms with Crippen molar-refractivity contribution in [3.63, 3.8) is 0 Å². The van der Waals surface area contributed by atoms with Gasteiger partial charge < -0.3 is 14.6 Å². The molecule has 0 spiro atoms. The summed E-state index contributed by atoms with van der Waals surface area (Å²) < 4.78 is 10.2. The van der Waals surface area contributed by atoms with Crippen LogP contribution in [0.3, 0.4) is 0 Å². The van der Waals surface area contributed by atoms with Crippen LogP contribution >= 0.6 is 11.6 Å². The molecule has 18 heavy (non-hydrogen) atoms.